The molecule has 0 saturated carbocycles. The van der Waals surface area contributed by atoms with Crippen molar-refractivity contribution >= 4 is 12.2 Å². The van der Waals surface area contributed by atoms with E-state index in [0.29, 0.717) is 11.1 Å². The Morgan fingerprint density at radius 3 is 2.74 bits per heavy atom. The topological polar surface area (TPSA) is 58.6 Å². The molecular weight excluding hydrogens is 297 g/mol. The van der Waals surface area contributed by atoms with Crippen molar-refractivity contribution in [1.29, 1.82) is 0 Å². The van der Waals surface area contributed by atoms with Crippen LogP contribution in [0.2, 0.25) is 0 Å². The zero-order chi connectivity index (χ0) is 16.5. The summed E-state index contributed by atoms with van der Waals surface area (Å²) in [6.45, 7) is 0.274. The molecule has 5 heteroatoms. The second-order valence-corrected chi connectivity index (χ2v) is 4.85. The molecule has 0 radical (unpaired) electrons. The number of hydrogen-bond acceptors (Lipinski definition) is 3. The van der Waals surface area contributed by atoms with Gasteiger partial charge in [-0.2, -0.15) is 0 Å². The second kappa shape index (κ2) is 8.70. The van der Waals surface area contributed by atoms with E-state index in [4.69, 9.17) is 4.74 Å². The monoisotopic (exact) mass is 315 g/mol. The van der Waals surface area contributed by atoms with Gasteiger partial charge in [0, 0.05) is 6.54 Å². The summed E-state index contributed by atoms with van der Waals surface area (Å²) in [5.41, 5.74) is 2.10. The third-order valence-electron chi connectivity index (χ3n) is 3.15. The lowest BCUT2D eigenvalue weighted by Crippen LogP contribution is -2.24. The second-order valence-electron chi connectivity index (χ2n) is 4.85. The number of carbonyl (C=O) groups excluding carboxylic acids is 1. The van der Waals surface area contributed by atoms with Crippen LogP contribution in [0.5, 0.6) is 0 Å². The number of hydrogen-bond donors (Lipinski definition) is 2. The lowest BCUT2D eigenvalue weighted by Gasteiger charge is -2.05. The number of aliphatic hydroxyl groups is 1. The van der Waals surface area contributed by atoms with Gasteiger partial charge >= 0.3 is 6.09 Å². The first-order valence-electron chi connectivity index (χ1n) is 7.19. The Kier molecular flexibility index (Phi) is 6.32. The van der Waals surface area contributed by atoms with Crippen molar-refractivity contribution in [1.82, 2.24) is 5.32 Å². The molecule has 0 saturated heterocycles. The number of benzene rings is 2. The predicted molar refractivity (Wildman–Crippen MR) is 86.0 cm³/mol. The molecule has 120 valence electrons. The van der Waals surface area contributed by atoms with Gasteiger partial charge < -0.3 is 15.2 Å². The molecule has 2 aromatic carbocycles. The summed E-state index contributed by atoms with van der Waals surface area (Å²) in [7, 11) is 0. The Balaban J connectivity index is 1.78. The van der Waals surface area contributed by atoms with Gasteiger partial charge in [-0.3, -0.25) is 0 Å². The smallest absolute Gasteiger partial charge is 0.407 e. The van der Waals surface area contributed by atoms with Crippen molar-refractivity contribution in [2.45, 2.75) is 13.2 Å². The van der Waals surface area contributed by atoms with Crippen LogP contribution >= 0.6 is 0 Å². The van der Waals surface area contributed by atoms with E-state index >= 15 is 0 Å². The highest BCUT2D eigenvalue weighted by Crippen LogP contribution is 2.13. The summed E-state index contributed by atoms with van der Waals surface area (Å²) in [4.78, 5) is 11.5. The van der Waals surface area contributed by atoms with Gasteiger partial charge in [-0.25, -0.2) is 9.18 Å². The Bertz CT molecular complexity index is 671. The number of ether oxygens (including phenoxy) is 1. The first kappa shape index (κ1) is 16.7. The van der Waals surface area contributed by atoms with Crippen LogP contribution < -0.4 is 5.32 Å². The normalized spacial score (nSPS) is 10.7. The summed E-state index contributed by atoms with van der Waals surface area (Å²) in [5.74, 6) is -0.378. The highest BCUT2D eigenvalue weighted by Gasteiger charge is 2.02. The molecule has 2 aromatic rings. The molecule has 1 amide bonds. The lowest BCUT2D eigenvalue weighted by molar-refractivity contribution is 0.141. The molecule has 0 spiro atoms. The molecule has 0 atom stereocenters. The third-order valence-corrected chi connectivity index (χ3v) is 3.15. The van der Waals surface area contributed by atoms with Gasteiger partial charge in [-0.1, -0.05) is 48.6 Å². The molecule has 0 bridgehead atoms. The van der Waals surface area contributed by atoms with Crippen LogP contribution in [0.25, 0.3) is 6.08 Å². The lowest BCUT2D eigenvalue weighted by atomic mass is 10.1. The maximum Gasteiger partial charge on any atom is 0.407 e. The van der Waals surface area contributed by atoms with Crippen LogP contribution in [0.3, 0.4) is 0 Å². The zero-order valence-electron chi connectivity index (χ0n) is 12.5. The molecular formula is C18H18FNO3. The third kappa shape index (κ3) is 5.56. The van der Waals surface area contributed by atoms with E-state index in [0.717, 1.165) is 5.56 Å². The van der Waals surface area contributed by atoms with Crippen LogP contribution in [-0.4, -0.2) is 17.7 Å². The molecule has 2 N–H and O–H groups in total. The number of alkyl carbamates (subject to hydrolysis) is 1. The van der Waals surface area contributed by atoms with E-state index in [2.05, 4.69) is 5.32 Å². The van der Waals surface area contributed by atoms with E-state index < -0.39 is 6.09 Å². The van der Waals surface area contributed by atoms with Crippen LogP contribution in [0, 0.1) is 5.82 Å². The van der Waals surface area contributed by atoms with Crippen molar-refractivity contribution in [2.75, 3.05) is 6.54 Å². The summed E-state index contributed by atoms with van der Waals surface area (Å²) in [6.07, 6.45) is 2.78. The van der Waals surface area contributed by atoms with Gasteiger partial charge in [0.2, 0.25) is 0 Å². The van der Waals surface area contributed by atoms with Crippen LogP contribution in [0.1, 0.15) is 16.7 Å². The van der Waals surface area contributed by atoms with Crippen LogP contribution in [-0.2, 0) is 18.0 Å². The Morgan fingerprint density at radius 1 is 1.22 bits per heavy atom. The first-order chi connectivity index (χ1) is 11.2. The molecule has 2 rings (SSSR count). The number of rotatable bonds is 6. The Hall–Kier alpha value is -2.66. The quantitative estimate of drug-likeness (QED) is 0.860. The molecule has 4 nitrogen and oxygen atoms in total. The number of aliphatic hydroxyl groups excluding tert-OH is 1. The van der Waals surface area contributed by atoms with Crippen molar-refractivity contribution < 1.29 is 19.0 Å². The van der Waals surface area contributed by atoms with Crippen molar-refractivity contribution in [2.24, 2.45) is 0 Å². The van der Waals surface area contributed by atoms with Crippen LogP contribution in [0.15, 0.2) is 54.6 Å². The molecule has 23 heavy (non-hydrogen) atoms. The van der Waals surface area contributed by atoms with Gasteiger partial charge in [0.15, 0.2) is 0 Å². The van der Waals surface area contributed by atoms with Gasteiger partial charge in [0.25, 0.3) is 0 Å². The van der Waals surface area contributed by atoms with E-state index in [-0.39, 0.29) is 25.6 Å². The fourth-order valence-corrected chi connectivity index (χ4v) is 1.97. The van der Waals surface area contributed by atoms with E-state index in [1.54, 1.807) is 12.2 Å². The van der Waals surface area contributed by atoms with Gasteiger partial charge in [0.1, 0.15) is 12.4 Å². The van der Waals surface area contributed by atoms with E-state index in [9.17, 15) is 14.3 Å². The maximum atomic E-state index is 13.2. The molecule has 0 aromatic heterocycles. The predicted octanol–water partition coefficient (Wildman–Crippen LogP) is 3.26. The average molecular weight is 315 g/mol. The first-order valence-corrected chi connectivity index (χ1v) is 7.19. The van der Waals surface area contributed by atoms with Gasteiger partial charge in [0.05, 0.1) is 6.61 Å². The van der Waals surface area contributed by atoms with Crippen LogP contribution in [0.4, 0.5) is 9.18 Å². The number of nitrogens with one attached hydrogen (secondary N) is 1. The van der Waals surface area contributed by atoms with E-state index in [1.165, 1.54) is 18.2 Å². The molecule has 0 heterocycles. The largest absolute Gasteiger partial charge is 0.445 e. The minimum atomic E-state index is -0.528. The van der Waals surface area contributed by atoms with Crippen molar-refractivity contribution in [3.8, 4) is 0 Å². The minimum absolute atomic E-state index is 0.174. The maximum absolute atomic E-state index is 13.2. The molecule has 0 aliphatic carbocycles. The average Bonchev–Trinajstić information content (AvgIpc) is 2.58. The Labute approximate surface area is 134 Å². The standard InChI is InChI=1S/C18H18FNO3/c19-17-9-8-16(12-21)15(11-17)7-4-10-20-18(22)23-13-14-5-2-1-3-6-14/h1-9,11,21H,10,12-13H2,(H,20,22). The van der Waals surface area contributed by atoms with E-state index in [1.807, 2.05) is 30.3 Å². The molecule has 0 aliphatic heterocycles. The number of carbonyl (C=O) groups is 1. The summed E-state index contributed by atoms with van der Waals surface area (Å²) in [5, 5.41) is 11.8. The Morgan fingerprint density at radius 2 is 2.00 bits per heavy atom. The summed E-state index contributed by atoms with van der Waals surface area (Å²) < 4.78 is 18.2. The zero-order valence-corrected chi connectivity index (χ0v) is 12.5. The summed E-state index contributed by atoms with van der Waals surface area (Å²) in [6, 6.07) is 13.5. The number of amides is 1. The fraction of sp³-hybridized carbons (Fsp3) is 0.167. The molecule has 0 aliphatic rings. The molecule has 0 fully saturated rings. The highest BCUT2D eigenvalue weighted by molar-refractivity contribution is 5.67. The summed E-state index contributed by atoms with van der Waals surface area (Å²) >= 11 is 0. The van der Waals surface area contributed by atoms with Gasteiger partial charge in [-0.15, -0.1) is 0 Å². The SMILES string of the molecule is O=C(NCC=Cc1cc(F)ccc1CO)OCc1ccccc1. The van der Waals surface area contributed by atoms with Crippen molar-refractivity contribution in [3.05, 3.63) is 77.1 Å². The molecule has 0 unspecified atom stereocenters. The van der Waals surface area contributed by atoms with Crippen molar-refractivity contribution in [3.63, 3.8) is 0 Å². The number of halogens is 1. The fourth-order valence-electron chi connectivity index (χ4n) is 1.97. The minimum Gasteiger partial charge on any atom is -0.445 e. The highest BCUT2D eigenvalue weighted by atomic mass is 19.1. The van der Waals surface area contributed by atoms with Gasteiger partial charge in [-0.05, 0) is 28.8 Å².